The topological polar surface area (TPSA) is 95.3 Å². The fraction of sp³-hybridized carbons (Fsp3) is 0.346. The molecule has 190 valence electrons. The maximum atomic E-state index is 13.2. The third kappa shape index (κ3) is 5.47. The van der Waals surface area contributed by atoms with Crippen LogP contribution in [0.25, 0.3) is 0 Å². The summed E-state index contributed by atoms with van der Waals surface area (Å²) in [7, 11) is 0. The molecular weight excluding hydrogens is 484 g/mol. The summed E-state index contributed by atoms with van der Waals surface area (Å²) in [6.45, 7) is 8.38. The van der Waals surface area contributed by atoms with E-state index in [1.54, 1.807) is 48.2 Å². The van der Waals surface area contributed by atoms with Gasteiger partial charge in [0.25, 0.3) is 5.91 Å². The van der Waals surface area contributed by atoms with E-state index in [9.17, 15) is 14.4 Å². The molecule has 4 rings (SSSR count). The highest BCUT2D eigenvalue weighted by Gasteiger charge is 2.39. The minimum Gasteiger partial charge on any atom is -0.463 e. The molecule has 1 atom stereocenters. The number of hydrogen-bond acceptors (Lipinski definition) is 6. The molecule has 1 aromatic carbocycles. The molecule has 3 heterocycles. The maximum Gasteiger partial charge on any atom is 0.338 e. The van der Waals surface area contributed by atoms with Crippen molar-refractivity contribution in [2.24, 2.45) is 0 Å². The predicted molar refractivity (Wildman–Crippen MR) is 134 cm³/mol. The van der Waals surface area contributed by atoms with E-state index in [0.29, 0.717) is 60.3 Å². The van der Waals surface area contributed by atoms with Gasteiger partial charge in [-0.3, -0.25) is 14.6 Å². The summed E-state index contributed by atoms with van der Waals surface area (Å²) < 4.78 is 10.7. The third-order valence-electron chi connectivity index (χ3n) is 6.19. The number of nitrogens with zero attached hydrogens (tertiary/aromatic N) is 3. The lowest BCUT2D eigenvalue weighted by Gasteiger charge is -2.40. The van der Waals surface area contributed by atoms with Gasteiger partial charge in [0.2, 0.25) is 0 Å². The van der Waals surface area contributed by atoms with Gasteiger partial charge in [0.1, 0.15) is 0 Å². The van der Waals surface area contributed by atoms with E-state index >= 15 is 0 Å². The Morgan fingerprint density at radius 1 is 1.22 bits per heavy atom. The normalized spacial score (nSPS) is 18.7. The Bertz CT molecular complexity index is 1150. The molecule has 1 fully saturated rings. The summed E-state index contributed by atoms with van der Waals surface area (Å²) >= 11 is 6.22. The van der Waals surface area contributed by atoms with Crippen LogP contribution in [0.3, 0.4) is 0 Å². The van der Waals surface area contributed by atoms with E-state index in [1.165, 1.54) is 11.2 Å². The Morgan fingerprint density at radius 3 is 2.64 bits per heavy atom. The highest BCUT2D eigenvalue weighted by Crippen LogP contribution is 2.33. The van der Waals surface area contributed by atoms with E-state index in [2.05, 4.69) is 16.8 Å². The molecule has 10 heteroatoms. The number of furan rings is 1. The van der Waals surface area contributed by atoms with Crippen molar-refractivity contribution in [2.45, 2.75) is 13.0 Å². The first-order valence-corrected chi connectivity index (χ1v) is 12.2. The average molecular weight is 513 g/mol. The highest BCUT2D eigenvalue weighted by molar-refractivity contribution is 6.30. The van der Waals surface area contributed by atoms with E-state index in [-0.39, 0.29) is 25.1 Å². The Hall–Kier alpha value is -3.56. The lowest BCUT2D eigenvalue weighted by atomic mass is 9.94. The van der Waals surface area contributed by atoms with Gasteiger partial charge in [0.05, 0.1) is 24.5 Å². The third-order valence-corrected chi connectivity index (χ3v) is 6.43. The lowest BCUT2D eigenvalue weighted by molar-refractivity contribution is -0.139. The van der Waals surface area contributed by atoms with Crippen LogP contribution >= 0.6 is 11.6 Å². The first kappa shape index (κ1) is 25.5. The molecule has 2 aliphatic heterocycles. The molecule has 0 saturated carbocycles. The van der Waals surface area contributed by atoms with Gasteiger partial charge in [0, 0.05) is 50.0 Å². The van der Waals surface area contributed by atoms with Gasteiger partial charge in [-0.2, -0.15) is 0 Å². The first-order chi connectivity index (χ1) is 17.4. The van der Waals surface area contributed by atoms with Crippen molar-refractivity contribution in [1.82, 2.24) is 20.0 Å². The van der Waals surface area contributed by atoms with Crippen molar-refractivity contribution in [3.63, 3.8) is 0 Å². The first-order valence-electron chi connectivity index (χ1n) is 11.8. The maximum absolute atomic E-state index is 13.2. The van der Waals surface area contributed by atoms with Gasteiger partial charge >= 0.3 is 12.0 Å². The number of nitrogens with one attached hydrogen (secondary N) is 1. The second-order valence-corrected chi connectivity index (χ2v) is 8.90. The molecule has 36 heavy (non-hydrogen) atoms. The van der Waals surface area contributed by atoms with Crippen molar-refractivity contribution >= 4 is 29.5 Å². The predicted octanol–water partition coefficient (Wildman–Crippen LogP) is 3.46. The molecule has 9 nitrogen and oxygen atoms in total. The standard InChI is InChI=1S/C26H29ClN4O5/c1-3-10-31-20(17-29-11-13-30(14-12-29)24(32)21-9-6-15-36-21)22(25(33)35-4-2)23(28-26(31)34)18-7-5-8-19(27)16-18/h3,5-9,15-16,23H,1,4,10-14,17H2,2H3,(H,28,34). The number of carbonyl (C=O) groups is 3. The zero-order valence-electron chi connectivity index (χ0n) is 20.1. The zero-order chi connectivity index (χ0) is 25.7. The number of piperazine rings is 1. The van der Waals surface area contributed by atoms with Crippen LogP contribution in [0.1, 0.15) is 29.1 Å². The smallest absolute Gasteiger partial charge is 0.338 e. The van der Waals surface area contributed by atoms with Crippen LogP contribution < -0.4 is 5.32 Å². The average Bonchev–Trinajstić information content (AvgIpc) is 3.41. The number of rotatable bonds is 8. The molecule has 2 aromatic rings. The van der Waals surface area contributed by atoms with E-state index in [1.807, 2.05) is 6.07 Å². The molecular formula is C26H29ClN4O5. The van der Waals surface area contributed by atoms with E-state index in [4.69, 9.17) is 20.8 Å². The number of ether oxygens (including phenoxy) is 1. The van der Waals surface area contributed by atoms with E-state index in [0.717, 1.165) is 0 Å². The second kappa shape index (κ2) is 11.5. The van der Waals surface area contributed by atoms with Gasteiger partial charge in [-0.05, 0) is 36.8 Å². The fourth-order valence-corrected chi connectivity index (χ4v) is 4.66. The van der Waals surface area contributed by atoms with Crippen molar-refractivity contribution < 1.29 is 23.5 Å². The van der Waals surface area contributed by atoms with Crippen molar-refractivity contribution in [2.75, 3.05) is 45.9 Å². The van der Waals surface area contributed by atoms with E-state index < -0.39 is 12.0 Å². The molecule has 0 spiro atoms. The van der Waals surface area contributed by atoms with Gasteiger partial charge in [-0.25, -0.2) is 9.59 Å². The summed E-state index contributed by atoms with van der Waals surface area (Å²) in [5.41, 5.74) is 1.59. The number of hydrogen-bond donors (Lipinski definition) is 1. The van der Waals surface area contributed by atoms with Crippen LogP contribution in [-0.4, -0.2) is 78.5 Å². The molecule has 0 bridgehead atoms. The summed E-state index contributed by atoms with van der Waals surface area (Å²) in [4.78, 5) is 44.4. The molecule has 0 radical (unpaired) electrons. The number of esters is 1. The van der Waals surface area contributed by atoms with Crippen LogP contribution in [0, 0.1) is 0 Å². The molecule has 0 aliphatic carbocycles. The minimum absolute atomic E-state index is 0.155. The summed E-state index contributed by atoms with van der Waals surface area (Å²) in [6, 6.07) is 9.33. The largest absolute Gasteiger partial charge is 0.463 e. The number of amides is 3. The Kier molecular flexibility index (Phi) is 8.12. The quantitative estimate of drug-likeness (QED) is 0.430. The highest BCUT2D eigenvalue weighted by atomic mass is 35.5. The van der Waals surface area contributed by atoms with Crippen molar-refractivity contribution in [1.29, 1.82) is 0 Å². The summed E-state index contributed by atoms with van der Waals surface area (Å²) in [5, 5.41) is 3.43. The number of urea groups is 1. The van der Waals surface area contributed by atoms with Crippen LogP contribution in [0.2, 0.25) is 5.02 Å². The Balaban J connectivity index is 1.64. The lowest BCUT2D eigenvalue weighted by Crippen LogP contribution is -2.53. The fourth-order valence-electron chi connectivity index (χ4n) is 4.46. The van der Waals surface area contributed by atoms with Crippen LogP contribution in [-0.2, 0) is 9.53 Å². The molecule has 1 aromatic heterocycles. The molecule has 1 N–H and O–H groups in total. The number of benzene rings is 1. The molecule has 1 unspecified atom stereocenters. The minimum atomic E-state index is -0.715. The van der Waals surface area contributed by atoms with Gasteiger partial charge in [-0.1, -0.05) is 29.8 Å². The second-order valence-electron chi connectivity index (χ2n) is 8.46. The molecule has 2 aliphatic rings. The van der Waals surface area contributed by atoms with Gasteiger partial charge in [0.15, 0.2) is 5.76 Å². The molecule has 3 amide bonds. The summed E-state index contributed by atoms with van der Waals surface area (Å²) in [6.07, 6.45) is 3.09. The SMILES string of the molecule is C=CCN1C(=O)NC(c2cccc(Cl)c2)C(C(=O)OCC)=C1CN1CCN(C(=O)c2ccco2)CC1. The number of carbonyl (C=O) groups excluding carboxylic acids is 3. The Labute approximate surface area is 214 Å². The van der Waals surface area contributed by atoms with Crippen LogP contribution in [0.4, 0.5) is 4.79 Å². The van der Waals surface area contributed by atoms with Gasteiger partial charge in [-0.15, -0.1) is 6.58 Å². The summed E-state index contributed by atoms with van der Waals surface area (Å²) in [5.74, 6) is -0.350. The zero-order valence-corrected chi connectivity index (χ0v) is 20.9. The van der Waals surface area contributed by atoms with Crippen LogP contribution in [0.5, 0.6) is 0 Å². The number of halogens is 1. The van der Waals surface area contributed by atoms with Crippen LogP contribution in [0.15, 0.2) is 71.0 Å². The van der Waals surface area contributed by atoms with Gasteiger partial charge < -0.3 is 19.4 Å². The molecule has 1 saturated heterocycles. The monoisotopic (exact) mass is 512 g/mol. The Morgan fingerprint density at radius 2 is 2.00 bits per heavy atom. The van der Waals surface area contributed by atoms with Crippen molar-refractivity contribution in [3.8, 4) is 0 Å². The van der Waals surface area contributed by atoms with Crippen molar-refractivity contribution in [3.05, 3.63) is 82.9 Å².